The Morgan fingerprint density at radius 2 is 2.15 bits per heavy atom. The van der Waals surface area contributed by atoms with Gasteiger partial charge in [-0.2, -0.15) is 0 Å². The molecule has 0 atom stereocenters. The van der Waals surface area contributed by atoms with E-state index in [4.69, 9.17) is 9.84 Å². The lowest BCUT2D eigenvalue weighted by molar-refractivity contribution is 0.0694. The Bertz CT molecular complexity index is 333. The number of carboxylic acids is 1. The highest BCUT2D eigenvalue weighted by atomic mass is 19.1. The molecule has 0 bridgehead atoms. The molecular formula is C9H7FO3. The van der Waals surface area contributed by atoms with Crippen LogP contribution in [0.4, 0.5) is 4.39 Å². The average molecular weight is 182 g/mol. The van der Waals surface area contributed by atoms with E-state index < -0.39 is 5.97 Å². The van der Waals surface area contributed by atoms with E-state index in [2.05, 4.69) is 0 Å². The van der Waals surface area contributed by atoms with Gasteiger partial charge in [0, 0.05) is 0 Å². The molecule has 0 aromatic heterocycles. The molecule has 3 nitrogen and oxygen atoms in total. The first-order valence-corrected chi connectivity index (χ1v) is 3.50. The molecule has 0 amide bonds. The zero-order chi connectivity index (χ0) is 9.68. The average Bonchev–Trinajstić information content (AvgIpc) is 2.15. The highest BCUT2D eigenvalue weighted by molar-refractivity contribution is 5.90. The summed E-state index contributed by atoms with van der Waals surface area (Å²) in [6.45, 7) is 0. The lowest BCUT2D eigenvalue weighted by Crippen LogP contribution is -1.98. The maximum atomic E-state index is 11.6. The zero-order valence-electron chi connectivity index (χ0n) is 6.61. The summed E-state index contributed by atoms with van der Waals surface area (Å²) >= 11 is 0. The van der Waals surface area contributed by atoms with E-state index >= 15 is 0 Å². The third kappa shape index (κ3) is 2.30. The van der Waals surface area contributed by atoms with E-state index in [-0.39, 0.29) is 17.6 Å². The molecule has 1 rings (SSSR count). The molecule has 0 saturated carbocycles. The third-order valence-electron chi connectivity index (χ3n) is 1.36. The standard InChI is InChI=1S/C9H7FO3/c10-5-6-13-8-4-2-1-3-7(8)9(11)12/h1-6H,(H,11,12). The molecule has 1 N–H and O–H groups in total. The van der Waals surface area contributed by atoms with Gasteiger partial charge in [-0.15, -0.1) is 0 Å². The lowest BCUT2D eigenvalue weighted by Gasteiger charge is -2.02. The lowest BCUT2D eigenvalue weighted by atomic mass is 10.2. The number of hydrogen-bond donors (Lipinski definition) is 1. The molecular weight excluding hydrogens is 175 g/mol. The van der Waals surface area contributed by atoms with Crippen molar-refractivity contribution in [2.24, 2.45) is 0 Å². The quantitative estimate of drug-likeness (QED) is 0.729. The number of rotatable bonds is 3. The van der Waals surface area contributed by atoms with Crippen molar-refractivity contribution in [2.45, 2.75) is 0 Å². The Hall–Kier alpha value is -1.84. The van der Waals surface area contributed by atoms with Gasteiger partial charge in [0.15, 0.2) is 0 Å². The van der Waals surface area contributed by atoms with Gasteiger partial charge in [-0.1, -0.05) is 12.1 Å². The van der Waals surface area contributed by atoms with E-state index in [1.54, 1.807) is 12.1 Å². The van der Waals surface area contributed by atoms with E-state index in [9.17, 15) is 9.18 Å². The van der Waals surface area contributed by atoms with Crippen LogP contribution in [0.25, 0.3) is 0 Å². The van der Waals surface area contributed by atoms with Crippen LogP contribution in [0.15, 0.2) is 36.9 Å². The number of ether oxygens (including phenoxy) is 1. The Labute approximate surface area is 74.1 Å². The van der Waals surface area contributed by atoms with Crippen LogP contribution < -0.4 is 4.74 Å². The number of carbonyl (C=O) groups is 1. The SMILES string of the molecule is O=C(O)c1ccccc1OC=CF. The molecule has 68 valence electrons. The zero-order valence-corrected chi connectivity index (χ0v) is 6.61. The molecule has 1 aromatic carbocycles. The van der Waals surface area contributed by atoms with Gasteiger partial charge >= 0.3 is 5.97 Å². The van der Waals surface area contributed by atoms with E-state index in [1.165, 1.54) is 12.1 Å². The molecule has 0 fully saturated rings. The van der Waals surface area contributed by atoms with Crippen LogP contribution in [0.3, 0.4) is 0 Å². The van der Waals surface area contributed by atoms with Crippen molar-refractivity contribution in [1.82, 2.24) is 0 Å². The first kappa shape index (κ1) is 9.25. The number of para-hydroxylation sites is 1. The summed E-state index contributed by atoms with van der Waals surface area (Å²) in [4.78, 5) is 10.6. The summed E-state index contributed by atoms with van der Waals surface area (Å²) in [6, 6.07) is 6.00. The molecule has 0 aliphatic heterocycles. The summed E-state index contributed by atoms with van der Waals surface area (Å²) in [5, 5.41) is 8.67. The topological polar surface area (TPSA) is 46.5 Å². The molecule has 0 heterocycles. The van der Waals surface area contributed by atoms with Gasteiger partial charge in [-0.3, -0.25) is 0 Å². The third-order valence-corrected chi connectivity index (χ3v) is 1.36. The fraction of sp³-hybridized carbons (Fsp3) is 0. The number of aromatic carboxylic acids is 1. The van der Waals surface area contributed by atoms with Gasteiger partial charge in [0.2, 0.25) is 0 Å². The molecule has 0 unspecified atom stereocenters. The molecule has 0 spiro atoms. The van der Waals surface area contributed by atoms with Gasteiger partial charge < -0.3 is 9.84 Å². The van der Waals surface area contributed by atoms with Gasteiger partial charge in [0.05, 0.1) is 0 Å². The summed E-state index contributed by atoms with van der Waals surface area (Å²) in [5.41, 5.74) is 0.000556. The van der Waals surface area contributed by atoms with Crippen molar-refractivity contribution in [3.05, 3.63) is 42.4 Å². The molecule has 0 saturated heterocycles. The second kappa shape index (κ2) is 4.25. The van der Waals surface area contributed by atoms with Crippen molar-refractivity contribution in [3.8, 4) is 5.75 Å². The summed E-state index contributed by atoms with van der Waals surface area (Å²) in [6.07, 6.45) is 0.973. The normalized spacial score (nSPS) is 10.2. The van der Waals surface area contributed by atoms with Crippen molar-refractivity contribution in [1.29, 1.82) is 0 Å². The Kier molecular flexibility index (Phi) is 3.03. The van der Waals surface area contributed by atoms with E-state index in [1.807, 2.05) is 0 Å². The van der Waals surface area contributed by atoms with Crippen LogP contribution in [-0.4, -0.2) is 11.1 Å². The van der Waals surface area contributed by atoms with Crippen molar-refractivity contribution in [3.63, 3.8) is 0 Å². The second-order valence-corrected chi connectivity index (χ2v) is 2.18. The Morgan fingerprint density at radius 3 is 2.77 bits per heavy atom. The van der Waals surface area contributed by atoms with Gasteiger partial charge in [0.25, 0.3) is 0 Å². The monoisotopic (exact) mass is 182 g/mol. The largest absolute Gasteiger partial charge is 0.478 e. The Morgan fingerprint density at radius 1 is 1.46 bits per heavy atom. The van der Waals surface area contributed by atoms with Crippen LogP contribution in [0.2, 0.25) is 0 Å². The maximum Gasteiger partial charge on any atom is 0.339 e. The highest BCUT2D eigenvalue weighted by Gasteiger charge is 2.08. The van der Waals surface area contributed by atoms with Crippen LogP contribution in [0.1, 0.15) is 10.4 Å². The van der Waals surface area contributed by atoms with Gasteiger partial charge in [-0.25, -0.2) is 9.18 Å². The number of hydrogen-bond acceptors (Lipinski definition) is 2. The minimum atomic E-state index is -1.11. The smallest absolute Gasteiger partial charge is 0.339 e. The minimum absolute atomic E-state index is 0.000556. The molecule has 4 heteroatoms. The van der Waals surface area contributed by atoms with Gasteiger partial charge in [0.1, 0.15) is 23.9 Å². The van der Waals surface area contributed by atoms with Crippen molar-refractivity contribution < 1.29 is 19.0 Å². The van der Waals surface area contributed by atoms with E-state index in [0.717, 1.165) is 6.26 Å². The number of benzene rings is 1. The summed E-state index contributed by atoms with van der Waals surface area (Å²) in [7, 11) is 0. The molecule has 0 aliphatic rings. The predicted octanol–water partition coefficient (Wildman–Crippen LogP) is 2.20. The minimum Gasteiger partial charge on any atom is -0.478 e. The van der Waals surface area contributed by atoms with Crippen LogP contribution in [-0.2, 0) is 0 Å². The summed E-state index contributed by atoms with van der Waals surface area (Å²) < 4.78 is 16.3. The number of halogens is 1. The first-order valence-electron chi connectivity index (χ1n) is 3.50. The number of carboxylic acid groups (broad SMARTS) is 1. The Balaban J connectivity index is 2.97. The predicted molar refractivity (Wildman–Crippen MR) is 44.3 cm³/mol. The van der Waals surface area contributed by atoms with Crippen LogP contribution in [0, 0.1) is 0 Å². The van der Waals surface area contributed by atoms with Crippen molar-refractivity contribution >= 4 is 5.97 Å². The van der Waals surface area contributed by atoms with Crippen LogP contribution in [0.5, 0.6) is 5.75 Å². The maximum absolute atomic E-state index is 11.6. The van der Waals surface area contributed by atoms with Gasteiger partial charge in [-0.05, 0) is 12.1 Å². The molecule has 0 radical (unpaired) electrons. The first-order chi connectivity index (χ1) is 6.25. The fourth-order valence-electron chi connectivity index (χ4n) is 0.845. The molecule has 0 aliphatic carbocycles. The highest BCUT2D eigenvalue weighted by Crippen LogP contribution is 2.17. The van der Waals surface area contributed by atoms with Crippen LogP contribution >= 0.6 is 0 Å². The fourth-order valence-corrected chi connectivity index (χ4v) is 0.845. The molecule has 13 heavy (non-hydrogen) atoms. The molecule has 1 aromatic rings. The second-order valence-electron chi connectivity index (χ2n) is 2.18. The van der Waals surface area contributed by atoms with Crippen molar-refractivity contribution in [2.75, 3.05) is 0 Å². The summed E-state index contributed by atoms with van der Waals surface area (Å²) in [5.74, 6) is -0.994. The van der Waals surface area contributed by atoms with E-state index in [0.29, 0.717) is 0 Å².